The maximum atomic E-state index is 12.1. The average Bonchev–Trinajstić information content (AvgIpc) is 2.83. The molecule has 1 aromatic rings. The van der Waals surface area contributed by atoms with Crippen molar-refractivity contribution in [3.05, 3.63) is 21.6 Å². The Hall–Kier alpha value is -1.07. The summed E-state index contributed by atoms with van der Waals surface area (Å²) in [5, 5.41) is 7.78. The van der Waals surface area contributed by atoms with Crippen LogP contribution in [-0.2, 0) is 11.3 Å². The molecule has 3 unspecified atom stereocenters. The molecule has 0 aliphatic heterocycles. The van der Waals surface area contributed by atoms with E-state index in [1.807, 2.05) is 0 Å². The number of halogens is 1. The fraction of sp³-hybridized carbons (Fsp3) is 0.733. The molecule has 0 saturated heterocycles. The lowest BCUT2D eigenvalue weighted by molar-refractivity contribution is 0.182. The van der Waals surface area contributed by atoms with Gasteiger partial charge in [0.2, 0.25) is 0 Å². The molecule has 21 heavy (non-hydrogen) atoms. The van der Waals surface area contributed by atoms with Gasteiger partial charge < -0.3 is 10.1 Å². The lowest BCUT2D eigenvalue weighted by Crippen LogP contribution is -2.29. The number of nitrogens with zero attached hydrogens (tertiary/aromatic N) is 2. The highest BCUT2D eigenvalue weighted by Crippen LogP contribution is 2.36. The summed E-state index contributed by atoms with van der Waals surface area (Å²) in [6.45, 7) is 5.34. The van der Waals surface area contributed by atoms with Crippen molar-refractivity contribution in [2.24, 2.45) is 11.8 Å². The second-order valence-electron chi connectivity index (χ2n) is 5.75. The molecule has 0 spiro atoms. The normalized spacial score (nSPS) is 25.2. The molecule has 5 nitrogen and oxygen atoms in total. The van der Waals surface area contributed by atoms with Gasteiger partial charge in [-0.25, -0.2) is 4.68 Å². The molecule has 3 atom stereocenters. The Morgan fingerprint density at radius 2 is 2.29 bits per heavy atom. The zero-order valence-electron chi connectivity index (χ0n) is 12.9. The van der Waals surface area contributed by atoms with Gasteiger partial charge in [0.05, 0.1) is 25.0 Å². The van der Waals surface area contributed by atoms with E-state index in [9.17, 15) is 4.79 Å². The van der Waals surface area contributed by atoms with Gasteiger partial charge in [-0.1, -0.05) is 31.9 Å². The third kappa shape index (κ3) is 3.58. The van der Waals surface area contributed by atoms with Crippen molar-refractivity contribution in [1.29, 1.82) is 0 Å². The van der Waals surface area contributed by atoms with Crippen LogP contribution in [0.15, 0.2) is 11.0 Å². The van der Waals surface area contributed by atoms with Crippen LogP contribution in [-0.4, -0.2) is 29.5 Å². The smallest absolute Gasteiger partial charge is 0.287 e. The highest BCUT2D eigenvalue weighted by Gasteiger charge is 2.31. The van der Waals surface area contributed by atoms with Gasteiger partial charge in [0, 0.05) is 13.2 Å². The number of nitrogens with one attached hydrogen (secondary N) is 1. The van der Waals surface area contributed by atoms with Crippen LogP contribution in [0.1, 0.15) is 33.1 Å². The predicted octanol–water partition coefficient (Wildman–Crippen LogP) is 2.78. The maximum absolute atomic E-state index is 12.1. The second-order valence-corrected chi connectivity index (χ2v) is 6.13. The molecule has 118 valence electrons. The average molecular weight is 314 g/mol. The summed E-state index contributed by atoms with van der Waals surface area (Å²) >= 11 is 6.20. The Morgan fingerprint density at radius 3 is 2.90 bits per heavy atom. The van der Waals surface area contributed by atoms with Gasteiger partial charge in [0.1, 0.15) is 5.02 Å². The summed E-state index contributed by atoms with van der Waals surface area (Å²) in [6.07, 6.45) is 5.18. The summed E-state index contributed by atoms with van der Waals surface area (Å²) in [5.74, 6) is 1.33. The van der Waals surface area contributed by atoms with E-state index in [2.05, 4.69) is 24.3 Å². The fourth-order valence-corrected chi connectivity index (χ4v) is 3.33. The Bertz CT molecular complexity index is 532. The third-order valence-electron chi connectivity index (χ3n) is 4.58. The quantitative estimate of drug-likeness (QED) is 0.877. The molecule has 1 fully saturated rings. The molecule has 6 heteroatoms. The van der Waals surface area contributed by atoms with Crippen molar-refractivity contribution in [2.75, 3.05) is 19.0 Å². The van der Waals surface area contributed by atoms with E-state index >= 15 is 0 Å². The van der Waals surface area contributed by atoms with Crippen molar-refractivity contribution in [3.63, 3.8) is 0 Å². The minimum absolute atomic E-state index is 0.216. The third-order valence-corrected chi connectivity index (χ3v) is 4.95. The molecule has 2 rings (SSSR count). The van der Waals surface area contributed by atoms with Gasteiger partial charge in [-0.15, -0.1) is 0 Å². The summed E-state index contributed by atoms with van der Waals surface area (Å²) in [7, 11) is 1.59. The van der Waals surface area contributed by atoms with E-state index < -0.39 is 0 Å². The van der Waals surface area contributed by atoms with Gasteiger partial charge in [-0.05, 0) is 24.7 Å². The molecular weight excluding hydrogens is 290 g/mol. The zero-order valence-corrected chi connectivity index (χ0v) is 13.7. The summed E-state index contributed by atoms with van der Waals surface area (Å²) in [5.41, 5.74) is 0.375. The molecule has 1 saturated carbocycles. The fourth-order valence-electron chi connectivity index (χ4n) is 3.13. The Balaban J connectivity index is 2.11. The van der Waals surface area contributed by atoms with Crippen molar-refractivity contribution >= 4 is 17.3 Å². The number of ether oxygens (including phenoxy) is 1. The first-order chi connectivity index (χ1) is 10.1. The van der Waals surface area contributed by atoms with E-state index in [-0.39, 0.29) is 10.6 Å². The largest absolute Gasteiger partial charge is 0.383 e. The molecule has 0 bridgehead atoms. The van der Waals surface area contributed by atoms with Crippen LogP contribution in [0.3, 0.4) is 0 Å². The standard InChI is InChI=1S/C15H24ClN3O2/c1-4-11-5-6-12(10(11)2)18-13-9-17-19(7-8-21-3)15(20)14(13)16/h9-12,18H,4-8H2,1-3H3. The Labute approximate surface area is 130 Å². The van der Waals surface area contributed by atoms with E-state index in [1.165, 1.54) is 17.5 Å². The van der Waals surface area contributed by atoms with Crippen LogP contribution in [0.2, 0.25) is 5.02 Å². The van der Waals surface area contributed by atoms with Gasteiger partial charge in [-0.2, -0.15) is 5.10 Å². The number of aromatic nitrogens is 2. The number of anilines is 1. The number of hydrogen-bond donors (Lipinski definition) is 1. The van der Waals surface area contributed by atoms with Crippen LogP contribution in [0.25, 0.3) is 0 Å². The zero-order chi connectivity index (χ0) is 15.4. The van der Waals surface area contributed by atoms with E-state index in [4.69, 9.17) is 16.3 Å². The van der Waals surface area contributed by atoms with Crippen LogP contribution in [0.4, 0.5) is 5.69 Å². The van der Waals surface area contributed by atoms with Gasteiger partial charge in [-0.3, -0.25) is 4.79 Å². The first kappa shape index (κ1) is 16.3. The maximum Gasteiger partial charge on any atom is 0.287 e. The molecule has 0 amide bonds. The summed E-state index contributed by atoms with van der Waals surface area (Å²) in [6, 6.07) is 0.364. The first-order valence-corrected chi connectivity index (χ1v) is 7.97. The minimum Gasteiger partial charge on any atom is -0.383 e. The van der Waals surface area contributed by atoms with Crippen molar-refractivity contribution < 1.29 is 4.74 Å². The van der Waals surface area contributed by atoms with Gasteiger partial charge in [0.15, 0.2) is 0 Å². The van der Waals surface area contributed by atoms with Crippen LogP contribution >= 0.6 is 11.6 Å². The lowest BCUT2D eigenvalue weighted by atomic mass is 9.93. The van der Waals surface area contributed by atoms with Crippen molar-refractivity contribution in [3.8, 4) is 0 Å². The summed E-state index contributed by atoms with van der Waals surface area (Å²) < 4.78 is 6.30. The van der Waals surface area contributed by atoms with E-state index in [0.717, 1.165) is 12.3 Å². The molecule has 0 radical (unpaired) electrons. The Morgan fingerprint density at radius 1 is 1.52 bits per heavy atom. The number of rotatable bonds is 6. The molecule has 1 aromatic heterocycles. The monoisotopic (exact) mass is 313 g/mol. The number of methoxy groups -OCH3 is 1. The Kier molecular flexibility index (Phi) is 5.65. The van der Waals surface area contributed by atoms with Crippen molar-refractivity contribution in [1.82, 2.24) is 9.78 Å². The lowest BCUT2D eigenvalue weighted by Gasteiger charge is -2.22. The highest BCUT2D eigenvalue weighted by molar-refractivity contribution is 6.32. The predicted molar refractivity (Wildman–Crippen MR) is 85.0 cm³/mol. The second kappa shape index (κ2) is 7.27. The molecule has 0 aromatic carbocycles. The van der Waals surface area contributed by atoms with Crippen LogP contribution in [0.5, 0.6) is 0 Å². The first-order valence-electron chi connectivity index (χ1n) is 7.59. The minimum atomic E-state index is -0.267. The van der Waals surface area contributed by atoms with E-state index in [0.29, 0.717) is 30.8 Å². The molecule has 1 heterocycles. The molecular formula is C15H24ClN3O2. The summed E-state index contributed by atoms with van der Waals surface area (Å²) in [4.78, 5) is 12.1. The van der Waals surface area contributed by atoms with Gasteiger partial charge >= 0.3 is 0 Å². The highest BCUT2D eigenvalue weighted by atomic mass is 35.5. The van der Waals surface area contributed by atoms with Crippen LogP contribution in [0, 0.1) is 11.8 Å². The SMILES string of the molecule is CCC1CCC(Nc2cnn(CCOC)c(=O)c2Cl)C1C. The van der Waals surface area contributed by atoms with E-state index in [1.54, 1.807) is 13.3 Å². The molecule has 1 N–H and O–H groups in total. The molecule has 1 aliphatic rings. The molecule has 1 aliphatic carbocycles. The van der Waals surface area contributed by atoms with Crippen molar-refractivity contribution in [2.45, 2.75) is 45.7 Å². The number of hydrogen-bond acceptors (Lipinski definition) is 4. The van der Waals surface area contributed by atoms with Crippen LogP contribution < -0.4 is 10.9 Å². The van der Waals surface area contributed by atoms with Gasteiger partial charge in [0.25, 0.3) is 5.56 Å². The topological polar surface area (TPSA) is 56.1 Å².